The standard InChI is InChI=1S/C20H26FN3O2S/c1-14(8-18-4-3-7-27-18)11-24-20(22-2)23-6-5-15-9-17(21)10-16-12-25-13-26-19(15)16/h3-4,7,9-10,14H,5-6,8,11-13H2,1-2H3,(H2,22,23,24). The van der Waals surface area contributed by atoms with E-state index in [2.05, 4.69) is 40.1 Å². The predicted molar refractivity (Wildman–Crippen MR) is 107 cm³/mol. The van der Waals surface area contributed by atoms with E-state index in [4.69, 9.17) is 9.47 Å². The fourth-order valence-electron chi connectivity index (χ4n) is 3.09. The SMILES string of the molecule is CN=C(NCCc1cc(F)cc2c1OCOC2)NCC(C)Cc1cccs1. The van der Waals surface area contributed by atoms with Crippen molar-refractivity contribution in [2.45, 2.75) is 26.4 Å². The van der Waals surface area contributed by atoms with Crippen molar-refractivity contribution in [3.05, 3.63) is 51.5 Å². The molecule has 1 unspecified atom stereocenters. The molecule has 1 aliphatic rings. The Morgan fingerprint density at radius 1 is 1.37 bits per heavy atom. The predicted octanol–water partition coefficient (Wildman–Crippen LogP) is 3.34. The average Bonchev–Trinajstić information content (AvgIpc) is 3.17. The first-order chi connectivity index (χ1) is 13.2. The van der Waals surface area contributed by atoms with Crippen molar-refractivity contribution in [2.75, 3.05) is 26.9 Å². The molecule has 0 aliphatic carbocycles. The van der Waals surface area contributed by atoms with Crippen LogP contribution in [-0.4, -0.2) is 32.9 Å². The van der Waals surface area contributed by atoms with Crippen molar-refractivity contribution in [1.29, 1.82) is 0 Å². The molecule has 1 aromatic carbocycles. The molecule has 1 aromatic heterocycles. The van der Waals surface area contributed by atoms with Crippen molar-refractivity contribution >= 4 is 17.3 Å². The molecule has 5 nitrogen and oxygen atoms in total. The topological polar surface area (TPSA) is 54.9 Å². The van der Waals surface area contributed by atoms with E-state index in [-0.39, 0.29) is 12.6 Å². The largest absolute Gasteiger partial charge is 0.467 e. The zero-order chi connectivity index (χ0) is 19.1. The summed E-state index contributed by atoms with van der Waals surface area (Å²) < 4.78 is 24.6. The van der Waals surface area contributed by atoms with Crippen LogP contribution in [0.5, 0.6) is 5.75 Å². The van der Waals surface area contributed by atoms with Gasteiger partial charge in [-0.3, -0.25) is 4.99 Å². The zero-order valence-electron chi connectivity index (χ0n) is 15.8. The minimum Gasteiger partial charge on any atom is -0.467 e. The number of hydrogen-bond donors (Lipinski definition) is 2. The summed E-state index contributed by atoms with van der Waals surface area (Å²) in [5.74, 6) is 1.74. The van der Waals surface area contributed by atoms with Gasteiger partial charge in [0.1, 0.15) is 11.6 Å². The van der Waals surface area contributed by atoms with Crippen molar-refractivity contribution in [3.8, 4) is 5.75 Å². The second kappa shape index (κ2) is 9.71. The van der Waals surface area contributed by atoms with Crippen molar-refractivity contribution in [3.63, 3.8) is 0 Å². The molecule has 2 N–H and O–H groups in total. The average molecular weight is 392 g/mol. The second-order valence-corrected chi connectivity index (χ2v) is 7.71. The maximum absolute atomic E-state index is 13.8. The Bertz CT molecular complexity index is 765. The highest BCUT2D eigenvalue weighted by atomic mass is 32.1. The van der Waals surface area contributed by atoms with Crippen molar-refractivity contribution in [2.24, 2.45) is 10.9 Å². The van der Waals surface area contributed by atoms with Crippen LogP contribution < -0.4 is 15.4 Å². The van der Waals surface area contributed by atoms with Crippen LogP contribution >= 0.6 is 11.3 Å². The summed E-state index contributed by atoms with van der Waals surface area (Å²) in [6.45, 7) is 4.30. The van der Waals surface area contributed by atoms with Crippen LogP contribution in [0.25, 0.3) is 0 Å². The van der Waals surface area contributed by atoms with Gasteiger partial charge in [0.15, 0.2) is 12.8 Å². The number of ether oxygens (including phenoxy) is 2. The first-order valence-electron chi connectivity index (χ1n) is 9.14. The van der Waals surface area contributed by atoms with Crippen LogP contribution in [0.3, 0.4) is 0 Å². The summed E-state index contributed by atoms with van der Waals surface area (Å²) in [4.78, 5) is 5.66. The molecule has 0 saturated heterocycles. The Morgan fingerprint density at radius 2 is 2.26 bits per heavy atom. The number of guanidine groups is 1. The molecule has 2 heterocycles. The molecular weight excluding hydrogens is 365 g/mol. The van der Waals surface area contributed by atoms with E-state index < -0.39 is 0 Å². The van der Waals surface area contributed by atoms with Crippen LogP contribution in [0, 0.1) is 11.7 Å². The number of hydrogen-bond acceptors (Lipinski definition) is 4. The number of aliphatic imine (C=N–C) groups is 1. The van der Waals surface area contributed by atoms with E-state index in [9.17, 15) is 4.39 Å². The Labute approximate surface area is 163 Å². The van der Waals surface area contributed by atoms with Gasteiger partial charge in [0, 0.05) is 30.6 Å². The number of nitrogens with one attached hydrogen (secondary N) is 2. The van der Waals surface area contributed by atoms with Gasteiger partial charge in [0.05, 0.1) is 6.61 Å². The number of nitrogens with zero attached hydrogens (tertiary/aromatic N) is 1. The van der Waals surface area contributed by atoms with Crippen molar-refractivity contribution in [1.82, 2.24) is 10.6 Å². The first-order valence-corrected chi connectivity index (χ1v) is 10.0. The molecule has 1 aliphatic heterocycles. The molecule has 146 valence electrons. The summed E-state index contributed by atoms with van der Waals surface area (Å²) in [7, 11) is 1.75. The van der Waals surface area contributed by atoms with Crippen LogP contribution in [0.2, 0.25) is 0 Å². The number of fused-ring (bicyclic) bond motifs is 1. The van der Waals surface area contributed by atoms with Gasteiger partial charge in [0.2, 0.25) is 0 Å². The fourth-order valence-corrected chi connectivity index (χ4v) is 3.96. The van der Waals surface area contributed by atoms with Gasteiger partial charge in [-0.1, -0.05) is 13.0 Å². The fraction of sp³-hybridized carbons (Fsp3) is 0.450. The van der Waals surface area contributed by atoms with Crippen LogP contribution in [0.15, 0.2) is 34.6 Å². The van der Waals surface area contributed by atoms with Crippen LogP contribution in [0.1, 0.15) is 22.9 Å². The quantitative estimate of drug-likeness (QED) is 0.562. The Balaban J connectivity index is 1.47. The third kappa shape index (κ3) is 5.68. The zero-order valence-corrected chi connectivity index (χ0v) is 16.6. The monoisotopic (exact) mass is 391 g/mol. The molecule has 0 fully saturated rings. The molecule has 3 rings (SSSR count). The number of benzene rings is 1. The number of thiophene rings is 1. The van der Waals surface area contributed by atoms with Crippen LogP contribution in [-0.2, 0) is 24.2 Å². The Kier molecular flexibility index (Phi) is 7.06. The van der Waals surface area contributed by atoms with E-state index >= 15 is 0 Å². The molecule has 0 spiro atoms. The normalized spacial score (nSPS) is 15.0. The van der Waals surface area contributed by atoms with E-state index in [0.29, 0.717) is 25.5 Å². The maximum atomic E-state index is 13.8. The summed E-state index contributed by atoms with van der Waals surface area (Å²) in [5.41, 5.74) is 1.61. The highest BCUT2D eigenvalue weighted by Crippen LogP contribution is 2.29. The number of halogens is 1. The Morgan fingerprint density at radius 3 is 3.04 bits per heavy atom. The van der Waals surface area contributed by atoms with Gasteiger partial charge in [-0.05, 0) is 47.9 Å². The van der Waals surface area contributed by atoms with Gasteiger partial charge < -0.3 is 20.1 Å². The third-order valence-electron chi connectivity index (χ3n) is 4.41. The third-order valence-corrected chi connectivity index (χ3v) is 5.31. The van der Waals surface area contributed by atoms with Gasteiger partial charge >= 0.3 is 0 Å². The number of rotatable bonds is 7. The molecule has 7 heteroatoms. The van der Waals surface area contributed by atoms with Crippen molar-refractivity contribution < 1.29 is 13.9 Å². The lowest BCUT2D eigenvalue weighted by molar-refractivity contribution is -0.0172. The van der Waals surface area contributed by atoms with Gasteiger partial charge in [-0.15, -0.1) is 11.3 Å². The lowest BCUT2D eigenvalue weighted by atomic mass is 10.1. The Hall–Kier alpha value is -2.12. The molecule has 0 radical (unpaired) electrons. The highest BCUT2D eigenvalue weighted by Gasteiger charge is 2.16. The molecule has 2 aromatic rings. The highest BCUT2D eigenvalue weighted by molar-refractivity contribution is 7.09. The molecule has 27 heavy (non-hydrogen) atoms. The lowest BCUT2D eigenvalue weighted by Gasteiger charge is -2.21. The molecule has 1 atom stereocenters. The van der Waals surface area contributed by atoms with Gasteiger partial charge in [-0.2, -0.15) is 0 Å². The lowest BCUT2D eigenvalue weighted by Crippen LogP contribution is -2.40. The summed E-state index contributed by atoms with van der Waals surface area (Å²) in [6, 6.07) is 7.26. The van der Waals surface area contributed by atoms with Crippen LogP contribution in [0.4, 0.5) is 4.39 Å². The van der Waals surface area contributed by atoms with Gasteiger partial charge in [0.25, 0.3) is 0 Å². The summed E-state index contributed by atoms with van der Waals surface area (Å²) in [6.07, 6.45) is 1.70. The van der Waals surface area contributed by atoms with E-state index in [1.807, 2.05) is 0 Å². The second-order valence-electron chi connectivity index (χ2n) is 6.68. The smallest absolute Gasteiger partial charge is 0.190 e. The maximum Gasteiger partial charge on any atom is 0.190 e. The minimum atomic E-state index is -0.261. The van der Waals surface area contributed by atoms with Gasteiger partial charge in [-0.25, -0.2) is 4.39 Å². The minimum absolute atomic E-state index is 0.213. The molecular formula is C20H26FN3O2S. The summed E-state index contributed by atoms with van der Waals surface area (Å²) in [5, 5.41) is 8.76. The summed E-state index contributed by atoms with van der Waals surface area (Å²) >= 11 is 1.79. The molecule has 0 amide bonds. The molecule has 0 saturated carbocycles. The first kappa shape index (κ1) is 19.6. The molecule has 0 bridgehead atoms. The van der Waals surface area contributed by atoms with E-state index in [1.165, 1.54) is 17.0 Å². The van der Waals surface area contributed by atoms with E-state index in [0.717, 1.165) is 35.8 Å². The van der Waals surface area contributed by atoms with E-state index in [1.54, 1.807) is 18.4 Å².